The van der Waals surface area contributed by atoms with Crippen molar-refractivity contribution < 1.29 is 23.6 Å². The average molecular weight is 665 g/mol. The van der Waals surface area contributed by atoms with Crippen LogP contribution in [-0.2, 0) is 6.61 Å². The summed E-state index contributed by atoms with van der Waals surface area (Å²) in [6.07, 6.45) is 2.42. The van der Waals surface area contributed by atoms with Crippen LogP contribution in [0, 0.1) is 24.0 Å². The smallest absolute Gasteiger partial charge is 0.307 e. The molecule has 0 saturated heterocycles. The second-order valence-electron chi connectivity index (χ2n) is 9.22. The fraction of sp³-hybridized carbons (Fsp3) is 0.100. The molecule has 0 aliphatic rings. The minimum atomic E-state index is -0.579. The first-order valence-corrected chi connectivity index (χ1v) is 13.9. The first-order chi connectivity index (χ1) is 20.7. The Hall–Kier alpha value is -4.94. The van der Waals surface area contributed by atoms with Gasteiger partial charge in [0.1, 0.15) is 24.3 Å². The van der Waals surface area contributed by atoms with Gasteiger partial charge >= 0.3 is 5.91 Å². The molecule has 11 nitrogen and oxygen atoms in total. The maximum atomic E-state index is 12.6. The number of benzene rings is 2. The molecule has 0 saturated carbocycles. The summed E-state index contributed by atoms with van der Waals surface area (Å²) in [6.45, 7) is 4.24. The van der Waals surface area contributed by atoms with E-state index in [1.54, 1.807) is 18.2 Å². The van der Waals surface area contributed by atoms with Gasteiger partial charge in [0, 0.05) is 39.8 Å². The van der Waals surface area contributed by atoms with Gasteiger partial charge in [0.15, 0.2) is 11.5 Å². The summed E-state index contributed by atoms with van der Waals surface area (Å²) in [5, 5.41) is 15.3. The Morgan fingerprint density at radius 1 is 1.12 bits per heavy atom. The lowest BCUT2D eigenvalue weighted by molar-refractivity contribution is -0.385. The predicted octanol–water partition coefficient (Wildman–Crippen LogP) is 7.54. The van der Waals surface area contributed by atoms with Gasteiger partial charge in [0.2, 0.25) is 5.88 Å². The third-order valence-corrected chi connectivity index (χ3v) is 6.98. The lowest BCUT2D eigenvalue weighted by Crippen LogP contribution is -2.16. The van der Waals surface area contributed by atoms with Crippen molar-refractivity contribution in [3.8, 4) is 23.1 Å². The van der Waals surface area contributed by atoms with Gasteiger partial charge in [-0.15, -0.1) is 0 Å². The van der Waals surface area contributed by atoms with Crippen LogP contribution in [0.2, 0.25) is 5.02 Å². The van der Waals surface area contributed by atoms with E-state index in [0.29, 0.717) is 26.6 Å². The number of carbonyl (C=O) groups excluding carboxylic acids is 1. The standard InChI is InChI=1S/C30H23BrClN5O6/c1-18-3-4-19(2)36(18)22-5-8-24(9-6-22)41-17-25-10-11-27(42-25)30(38)35-34-15-20-13-21(32)14-26(31)29(20)43-28-12-7-23(16-33-28)37(39)40/h3-16H,17H2,1-2H3,(H,35,38)/b34-15+. The van der Waals surface area contributed by atoms with Crippen molar-refractivity contribution in [1.29, 1.82) is 0 Å². The number of amides is 1. The van der Waals surface area contributed by atoms with E-state index >= 15 is 0 Å². The molecule has 0 aliphatic heterocycles. The summed E-state index contributed by atoms with van der Waals surface area (Å²) in [7, 11) is 0. The maximum absolute atomic E-state index is 12.6. The number of nitrogens with one attached hydrogen (secondary N) is 1. The van der Waals surface area contributed by atoms with Crippen molar-refractivity contribution in [2.45, 2.75) is 20.5 Å². The molecule has 1 N–H and O–H groups in total. The minimum Gasteiger partial charge on any atom is -0.486 e. The molecule has 0 bridgehead atoms. The van der Waals surface area contributed by atoms with Crippen molar-refractivity contribution in [2.75, 3.05) is 0 Å². The molecule has 1 amide bonds. The van der Waals surface area contributed by atoms with Gasteiger partial charge in [0.05, 0.1) is 15.6 Å². The molecular formula is C30H23BrClN5O6. The number of rotatable bonds is 10. The monoisotopic (exact) mass is 663 g/mol. The van der Waals surface area contributed by atoms with E-state index in [-0.39, 0.29) is 29.7 Å². The summed E-state index contributed by atoms with van der Waals surface area (Å²) in [6, 6.07) is 20.8. The second kappa shape index (κ2) is 12.9. The topological polar surface area (TPSA) is 134 Å². The molecule has 2 aromatic carbocycles. The van der Waals surface area contributed by atoms with Crippen molar-refractivity contribution in [3.05, 3.63) is 127 Å². The van der Waals surface area contributed by atoms with Gasteiger partial charge < -0.3 is 18.5 Å². The van der Waals surface area contributed by atoms with E-state index in [9.17, 15) is 14.9 Å². The fourth-order valence-corrected chi connectivity index (χ4v) is 5.06. The van der Waals surface area contributed by atoms with Crippen LogP contribution < -0.4 is 14.9 Å². The Morgan fingerprint density at radius 3 is 2.53 bits per heavy atom. The first-order valence-electron chi connectivity index (χ1n) is 12.8. The van der Waals surface area contributed by atoms with Gasteiger partial charge in [-0.05, 0) is 90.4 Å². The Bertz CT molecular complexity index is 1800. The van der Waals surface area contributed by atoms with E-state index < -0.39 is 10.8 Å². The molecule has 0 aliphatic carbocycles. The van der Waals surface area contributed by atoms with Crippen molar-refractivity contribution in [1.82, 2.24) is 15.0 Å². The number of hydrogen-bond acceptors (Lipinski definition) is 8. The molecule has 5 rings (SSSR count). The van der Waals surface area contributed by atoms with Crippen molar-refractivity contribution in [3.63, 3.8) is 0 Å². The summed E-state index contributed by atoms with van der Waals surface area (Å²) in [5.74, 6) is 0.981. The molecule has 13 heteroatoms. The number of hydrogen-bond donors (Lipinski definition) is 1. The molecule has 0 unspecified atom stereocenters. The van der Waals surface area contributed by atoms with Gasteiger partial charge in [-0.1, -0.05) is 11.6 Å². The van der Waals surface area contributed by atoms with Crippen LogP contribution in [0.5, 0.6) is 17.4 Å². The number of ether oxygens (including phenoxy) is 2. The normalized spacial score (nSPS) is 11.1. The van der Waals surface area contributed by atoms with E-state index in [1.165, 1.54) is 24.4 Å². The van der Waals surface area contributed by atoms with Gasteiger partial charge in [0.25, 0.3) is 5.69 Å². The molecule has 0 fully saturated rings. The predicted molar refractivity (Wildman–Crippen MR) is 163 cm³/mol. The van der Waals surface area contributed by atoms with Crippen molar-refractivity contribution in [2.24, 2.45) is 5.10 Å². The van der Waals surface area contributed by atoms with Crippen LogP contribution in [-0.4, -0.2) is 26.6 Å². The zero-order chi connectivity index (χ0) is 30.5. The largest absolute Gasteiger partial charge is 0.486 e. The van der Waals surface area contributed by atoms with E-state index in [2.05, 4.69) is 62.0 Å². The average Bonchev–Trinajstić information content (AvgIpc) is 3.60. The van der Waals surface area contributed by atoms with Gasteiger partial charge in [-0.3, -0.25) is 14.9 Å². The van der Waals surface area contributed by atoms with Crippen LogP contribution >= 0.6 is 27.5 Å². The number of carbonyl (C=O) groups is 1. The highest BCUT2D eigenvalue weighted by atomic mass is 79.9. The van der Waals surface area contributed by atoms with Gasteiger partial charge in [-0.2, -0.15) is 5.10 Å². The molecule has 218 valence electrons. The number of hydrazone groups is 1. The Morgan fingerprint density at radius 2 is 1.86 bits per heavy atom. The molecule has 0 atom stereocenters. The lowest BCUT2D eigenvalue weighted by atomic mass is 10.2. The molecule has 3 aromatic heterocycles. The van der Waals surface area contributed by atoms with Crippen LogP contribution in [0.4, 0.5) is 5.69 Å². The number of halogens is 2. The molecular weight excluding hydrogens is 642 g/mol. The summed E-state index contributed by atoms with van der Waals surface area (Å²) in [4.78, 5) is 26.9. The number of pyridine rings is 1. The zero-order valence-electron chi connectivity index (χ0n) is 22.8. The van der Waals surface area contributed by atoms with E-state index in [1.807, 2.05) is 24.3 Å². The number of aromatic nitrogens is 2. The highest BCUT2D eigenvalue weighted by Crippen LogP contribution is 2.35. The minimum absolute atomic E-state index is 0.0449. The zero-order valence-corrected chi connectivity index (χ0v) is 25.1. The highest BCUT2D eigenvalue weighted by molar-refractivity contribution is 9.10. The number of nitro groups is 1. The summed E-state index contributed by atoms with van der Waals surface area (Å²) < 4.78 is 19.9. The Kier molecular flexibility index (Phi) is 8.88. The number of furan rings is 1. The second-order valence-corrected chi connectivity index (χ2v) is 10.5. The molecule has 5 aromatic rings. The third kappa shape index (κ3) is 7.11. The maximum Gasteiger partial charge on any atom is 0.307 e. The van der Waals surface area contributed by atoms with Crippen LogP contribution in [0.15, 0.2) is 93.0 Å². The number of aryl methyl sites for hydroxylation is 2. The number of nitrogens with zero attached hydrogens (tertiary/aromatic N) is 4. The van der Waals surface area contributed by atoms with E-state index in [0.717, 1.165) is 23.3 Å². The van der Waals surface area contributed by atoms with Crippen LogP contribution in [0.1, 0.15) is 33.3 Å². The quantitative estimate of drug-likeness (QED) is 0.0926. The molecule has 3 heterocycles. The molecule has 43 heavy (non-hydrogen) atoms. The van der Waals surface area contributed by atoms with Crippen LogP contribution in [0.25, 0.3) is 5.69 Å². The first kappa shape index (κ1) is 29.5. The fourth-order valence-electron chi connectivity index (χ4n) is 4.14. The third-order valence-electron chi connectivity index (χ3n) is 6.18. The molecule has 0 spiro atoms. The van der Waals surface area contributed by atoms with E-state index in [4.69, 9.17) is 25.5 Å². The lowest BCUT2D eigenvalue weighted by Gasteiger charge is -2.11. The van der Waals surface area contributed by atoms with Gasteiger partial charge in [-0.25, -0.2) is 10.4 Å². The SMILES string of the molecule is Cc1ccc(C)n1-c1ccc(OCc2ccc(C(=O)N/N=C/c3cc(Cl)cc(Br)c3Oc3ccc([N+](=O)[O-])cn3)o2)cc1. The van der Waals surface area contributed by atoms with Crippen LogP contribution in [0.3, 0.4) is 0 Å². The summed E-state index contributed by atoms with van der Waals surface area (Å²) in [5.41, 5.74) is 5.96. The Balaban J connectivity index is 1.19. The Labute approximate surface area is 259 Å². The highest BCUT2D eigenvalue weighted by Gasteiger charge is 2.15. The molecule has 0 radical (unpaired) electrons. The summed E-state index contributed by atoms with van der Waals surface area (Å²) >= 11 is 9.57. The van der Waals surface area contributed by atoms with Crippen molar-refractivity contribution >= 4 is 45.3 Å².